The number of fused-ring (bicyclic) bond motifs is 2. The van der Waals surface area contributed by atoms with Crippen LogP contribution in [-0.2, 0) is 75.3 Å². The van der Waals surface area contributed by atoms with Crippen molar-refractivity contribution in [2.75, 3.05) is 26.4 Å². The second kappa shape index (κ2) is 40.1. The van der Waals surface area contributed by atoms with E-state index in [0.717, 1.165) is 38.5 Å². The molecule has 658 valence electrons. The number of rotatable bonds is 29. The molecule has 7 aliphatic rings. The van der Waals surface area contributed by atoms with Crippen molar-refractivity contribution in [3.63, 3.8) is 0 Å². The van der Waals surface area contributed by atoms with Gasteiger partial charge in [-0.05, 0) is 191 Å². The quantitative estimate of drug-likeness (QED) is 0.0402. The Bertz CT molecular complexity index is 2770. The third-order valence-corrected chi connectivity index (χ3v) is 33.1. The van der Waals surface area contributed by atoms with E-state index in [1.165, 1.54) is 0 Å². The number of esters is 1. The lowest BCUT2D eigenvalue weighted by Gasteiger charge is -2.47. The molecule has 16 atom stereocenters. The highest BCUT2D eigenvalue weighted by Crippen LogP contribution is 2.50. The van der Waals surface area contributed by atoms with Gasteiger partial charge in [-0.1, -0.05) is 187 Å². The average Bonchev–Trinajstić information content (AvgIpc) is 1.65. The van der Waals surface area contributed by atoms with Crippen molar-refractivity contribution in [3.8, 4) is 0 Å². The maximum atomic E-state index is 12.5. The van der Waals surface area contributed by atoms with Crippen LogP contribution in [0.5, 0.6) is 0 Å². The highest BCUT2D eigenvalue weighted by Gasteiger charge is 2.61. The summed E-state index contributed by atoms with van der Waals surface area (Å²) in [5.74, 6) is -1.36. The Labute approximate surface area is 680 Å². The van der Waals surface area contributed by atoms with Crippen molar-refractivity contribution in [2.24, 2.45) is 76.9 Å². The number of ether oxygens (including phenoxy) is 12. The van der Waals surface area contributed by atoms with Gasteiger partial charge in [0.25, 0.3) is 0 Å². The van der Waals surface area contributed by atoms with Crippen LogP contribution >= 0.6 is 0 Å². The van der Waals surface area contributed by atoms with Gasteiger partial charge in [0.05, 0.1) is 62.0 Å². The van der Waals surface area contributed by atoms with E-state index in [9.17, 15) is 30.0 Å². The molecular formula is C89H174O20Si2. The Hall–Kier alpha value is -1.11. The normalized spacial score (nSPS) is 30.5. The fourth-order valence-electron chi connectivity index (χ4n) is 17.2. The fourth-order valence-corrected chi connectivity index (χ4v) is 19.2. The zero-order chi connectivity index (χ0) is 86.3. The predicted octanol–water partition coefficient (Wildman–Crippen LogP) is 19.2. The van der Waals surface area contributed by atoms with Crippen LogP contribution in [0.4, 0.5) is 0 Å². The van der Waals surface area contributed by atoms with Crippen molar-refractivity contribution in [1.29, 1.82) is 0 Å². The summed E-state index contributed by atoms with van der Waals surface area (Å²) in [7, 11) is -3.74. The monoisotopic (exact) mass is 1620 g/mol. The lowest BCUT2D eigenvalue weighted by Crippen LogP contribution is -2.58. The summed E-state index contributed by atoms with van der Waals surface area (Å²) in [6.45, 7) is 87.1. The van der Waals surface area contributed by atoms with Crippen LogP contribution in [0.15, 0.2) is 0 Å². The first-order chi connectivity index (χ1) is 49.9. The number of ketones is 1. The number of carbonyl (C=O) groups is 2. The highest BCUT2D eigenvalue weighted by molar-refractivity contribution is 6.74. The predicted molar refractivity (Wildman–Crippen MR) is 449 cm³/mol. The summed E-state index contributed by atoms with van der Waals surface area (Å²) in [6, 6.07) is 0. The highest BCUT2D eigenvalue weighted by atomic mass is 28.4. The van der Waals surface area contributed by atoms with Crippen LogP contribution in [0.25, 0.3) is 0 Å². The van der Waals surface area contributed by atoms with E-state index in [-0.39, 0.29) is 113 Å². The summed E-state index contributed by atoms with van der Waals surface area (Å²) in [4.78, 5) is 25.0. The minimum Gasteiger partial charge on any atom is -0.457 e. The Balaban J connectivity index is 0.000000362. The molecule has 0 aromatic rings. The fraction of sp³-hybridized carbons (Fsp3) is 0.978. The summed E-state index contributed by atoms with van der Waals surface area (Å²) in [5, 5.41) is 43.3. The van der Waals surface area contributed by atoms with Crippen molar-refractivity contribution in [1.82, 2.24) is 0 Å². The molecule has 0 aromatic heterocycles. The molecule has 0 spiro atoms. The first-order valence-electron chi connectivity index (χ1n) is 43.1. The number of Topliss-reactive ketones (excluding diaryl/α,β-unsaturated/α-hetero) is 1. The van der Waals surface area contributed by atoms with Crippen LogP contribution in [0.3, 0.4) is 0 Å². The lowest BCUT2D eigenvalue weighted by atomic mass is 9.71. The van der Waals surface area contributed by atoms with Crippen molar-refractivity contribution in [3.05, 3.63) is 0 Å². The standard InChI is InChI=1S/C23H48O4Si.C19H38O4Si.C17H30O4.C17H34O4.C13H24O4/c1-16(2)13-23(24,14-17(3)4)18(5)20-19(26-22(9,10)27-20)15-25-28(11,12)21(6,7)8;1-13(2)11-15(20)14(3)17-16(22-19(7,8)23-17)12-21-24(9,10)18(4,5)6;1-10(2)8-17(9-11(3)4)12(5)13-14(15(18)21-17)20-16(6,7)19-13;1-11(2)8-17(19,9-12(3)4)13(5)15-14(10-18)20-16(6,7)21-15;1-8(2)6-13(14)9(3)11-10(7-15-13)16-12(4,5)17-11/h16-20,24H,13-15H2,1-12H3;13-14,16-17H,11-12H2,1-10H3;10-14H,8-9H2,1-7H3;11-15,18-19H,8-10H2,1-7H3;8-11,14H,6-7H2,1-5H3/t18-,19+,20-;14-,16-,17+;12-,13-,14-;13-,14+,15-;9-,10+,11-,13?/m10111/s1. The average molecular weight is 1620 g/mol. The molecule has 7 rings (SSSR count). The number of hydrogen-bond donors (Lipinski definition) is 4. The topological polar surface area (TPSA) is 244 Å². The van der Waals surface area contributed by atoms with E-state index >= 15 is 0 Å². The van der Waals surface area contributed by atoms with Gasteiger partial charge in [0.2, 0.25) is 0 Å². The first kappa shape index (κ1) is 104. The lowest BCUT2D eigenvalue weighted by molar-refractivity contribution is -0.290. The molecular weight excluding hydrogens is 1450 g/mol. The molecule has 7 heterocycles. The smallest absolute Gasteiger partial charge is 0.338 e. The molecule has 4 N–H and O–H groups in total. The van der Waals surface area contributed by atoms with Crippen molar-refractivity contribution < 1.29 is 95.7 Å². The Morgan fingerprint density at radius 1 is 0.459 bits per heavy atom. The van der Waals surface area contributed by atoms with Crippen molar-refractivity contribution in [2.45, 2.75) is 456 Å². The number of aliphatic hydroxyl groups is 4. The van der Waals surface area contributed by atoms with Gasteiger partial charge in [-0.2, -0.15) is 0 Å². The molecule has 0 aliphatic carbocycles. The van der Waals surface area contributed by atoms with Gasteiger partial charge in [0.1, 0.15) is 41.9 Å². The van der Waals surface area contributed by atoms with Gasteiger partial charge in [0, 0.05) is 42.4 Å². The van der Waals surface area contributed by atoms with Crippen LogP contribution in [0, 0.1) is 76.9 Å². The Kier molecular flexibility index (Phi) is 37.6. The zero-order valence-corrected chi connectivity index (χ0v) is 80.6. The first-order valence-corrected chi connectivity index (χ1v) is 48.9. The molecule has 0 saturated carbocycles. The van der Waals surface area contributed by atoms with Crippen LogP contribution in [0.1, 0.15) is 308 Å². The molecule has 20 nitrogen and oxygen atoms in total. The molecule has 0 amide bonds. The molecule has 1 unspecified atom stereocenters. The van der Waals surface area contributed by atoms with Gasteiger partial charge in [-0.25, -0.2) is 4.79 Å². The van der Waals surface area contributed by atoms with Crippen LogP contribution < -0.4 is 0 Å². The van der Waals surface area contributed by atoms with Gasteiger partial charge < -0.3 is 86.1 Å². The number of cyclic esters (lactones) is 1. The minimum atomic E-state index is -1.88. The second-order valence-electron chi connectivity index (χ2n) is 43.4. The van der Waals surface area contributed by atoms with E-state index in [1.54, 1.807) is 0 Å². The molecule has 0 radical (unpaired) electrons. The number of hydrogen-bond acceptors (Lipinski definition) is 20. The SMILES string of the molecule is CC(C)CC(=O)[C@H](C)[C@H]1OC(C)(C)O[C@H]1CO[Si](C)(C)C(C)(C)C.CC(C)CC(O)(CC(C)C)[C@H](C)[C@H]1OC(C)(C)O[C@H]1CO.CC(C)CC(O)(CC(C)C)[C@H](C)[C@H]1OC(C)(C)O[C@H]1CO[Si](C)(C)C(C)(C)C.CC(C)CC1(CC(C)C)OC(=O)[C@@H]2OC(C)(C)O[C@@H]2[C@H]1C.CC(C)CC1(O)OC[C@@H]2OC(C)(C)O[C@@H]2[C@H]1C. The summed E-state index contributed by atoms with van der Waals surface area (Å²) < 4.78 is 84.3. The van der Waals surface area contributed by atoms with E-state index in [2.05, 4.69) is 192 Å². The van der Waals surface area contributed by atoms with Gasteiger partial charge in [-0.15, -0.1) is 0 Å². The van der Waals surface area contributed by atoms with E-state index < -0.39 is 74.3 Å². The largest absolute Gasteiger partial charge is 0.457 e. The zero-order valence-electron chi connectivity index (χ0n) is 78.6. The van der Waals surface area contributed by atoms with Gasteiger partial charge in [0.15, 0.2) is 57.5 Å². The molecule has 7 fully saturated rings. The minimum absolute atomic E-state index is 0.0351. The Morgan fingerprint density at radius 2 is 0.802 bits per heavy atom. The number of aliphatic hydroxyl groups excluding tert-OH is 1. The maximum absolute atomic E-state index is 12.5. The molecule has 0 aromatic carbocycles. The van der Waals surface area contributed by atoms with Gasteiger partial charge >= 0.3 is 5.97 Å². The summed E-state index contributed by atoms with van der Waals surface area (Å²) >= 11 is 0. The van der Waals surface area contributed by atoms with E-state index in [0.29, 0.717) is 80.0 Å². The van der Waals surface area contributed by atoms with E-state index in [1.807, 2.05) is 90.0 Å². The molecule has 111 heavy (non-hydrogen) atoms. The Morgan fingerprint density at radius 3 is 1.16 bits per heavy atom. The third-order valence-electron chi connectivity index (χ3n) is 24.1. The molecule has 7 aliphatic heterocycles. The summed E-state index contributed by atoms with van der Waals surface area (Å²) in [5.41, 5.74) is -2.01. The molecule has 0 bridgehead atoms. The maximum Gasteiger partial charge on any atom is 0.338 e. The van der Waals surface area contributed by atoms with Crippen molar-refractivity contribution >= 4 is 28.4 Å². The van der Waals surface area contributed by atoms with Gasteiger partial charge in [-0.3, -0.25) is 4.79 Å². The third kappa shape index (κ3) is 30.2. The number of carbonyl (C=O) groups excluding carboxylic acids is 2. The van der Waals surface area contributed by atoms with Crippen LogP contribution in [-0.4, -0.2) is 188 Å². The van der Waals surface area contributed by atoms with E-state index in [4.69, 9.17) is 65.7 Å². The second-order valence-corrected chi connectivity index (χ2v) is 53.1. The van der Waals surface area contributed by atoms with Crippen LogP contribution in [0.2, 0.25) is 36.3 Å². The molecule has 22 heteroatoms. The molecule has 7 saturated heterocycles. The summed E-state index contributed by atoms with van der Waals surface area (Å²) in [6.07, 6.45) is 3.56.